The van der Waals surface area contributed by atoms with Gasteiger partial charge in [-0.15, -0.1) is 0 Å². The molecule has 0 amide bonds. The van der Waals surface area contributed by atoms with Crippen LogP contribution in [0.5, 0.6) is 5.75 Å². The highest BCUT2D eigenvalue weighted by molar-refractivity contribution is 5.75. The number of nitrogens with two attached hydrogens (primary N) is 2. The smallest absolute Gasteiger partial charge is 0.309 e. The van der Waals surface area contributed by atoms with Crippen molar-refractivity contribution in [1.82, 2.24) is 0 Å². The van der Waals surface area contributed by atoms with E-state index in [2.05, 4.69) is 16.5 Å². The zero-order valence-corrected chi connectivity index (χ0v) is 13.8. The molecule has 0 aromatic carbocycles. The van der Waals surface area contributed by atoms with Crippen molar-refractivity contribution < 1.29 is 23.9 Å². The number of pyridine rings is 1. The van der Waals surface area contributed by atoms with Crippen LogP contribution in [0.1, 0.15) is 19.8 Å². The molecule has 23 heavy (non-hydrogen) atoms. The number of aryl methyl sites for hydroxylation is 1. The molecule has 5 N–H and O–H groups in total. The summed E-state index contributed by atoms with van der Waals surface area (Å²) in [6, 6.07) is 3.75. The van der Waals surface area contributed by atoms with E-state index in [0.717, 1.165) is 25.8 Å². The molecule has 1 aromatic heterocycles. The first-order valence-electron chi connectivity index (χ1n) is 7.39. The number of ether oxygens (including phenoxy) is 2. The molecule has 0 atom stereocenters. The van der Waals surface area contributed by atoms with Gasteiger partial charge < -0.3 is 26.0 Å². The van der Waals surface area contributed by atoms with E-state index >= 15 is 0 Å². The number of esters is 1. The lowest BCUT2D eigenvalue weighted by molar-refractivity contribution is -0.697. The second-order valence-corrected chi connectivity index (χ2v) is 4.40. The zero-order chi connectivity index (χ0) is 17.5. The predicted molar refractivity (Wildman–Crippen MR) is 86.8 cm³/mol. The van der Waals surface area contributed by atoms with Gasteiger partial charge in [0.15, 0.2) is 18.4 Å². The molecule has 0 saturated heterocycles. The first-order valence-corrected chi connectivity index (χ1v) is 7.39. The standard InChI is InChI=1S/C14H23N4O3.CH4O/c1-2-7-18-8-3-12(4-9-18)20-10-5-13(19)21-11-6-17-14(15)16;1-2/h3-4,8-9H,2,5-7,10-11H2,1H3,(H4,15,16,17);2H,1H3/q+1;. The van der Waals surface area contributed by atoms with Gasteiger partial charge in [-0.25, -0.2) is 4.57 Å². The molecule has 0 fully saturated rings. The fourth-order valence-corrected chi connectivity index (χ4v) is 1.61. The highest BCUT2D eigenvalue weighted by atomic mass is 16.5. The zero-order valence-electron chi connectivity index (χ0n) is 13.8. The maximum Gasteiger partial charge on any atom is 0.309 e. The highest BCUT2D eigenvalue weighted by Gasteiger charge is 2.04. The molecule has 1 heterocycles. The summed E-state index contributed by atoms with van der Waals surface area (Å²) < 4.78 is 12.5. The number of aromatic nitrogens is 1. The van der Waals surface area contributed by atoms with Gasteiger partial charge in [-0.1, -0.05) is 6.92 Å². The molecule has 0 spiro atoms. The van der Waals surface area contributed by atoms with Crippen molar-refractivity contribution in [2.24, 2.45) is 16.5 Å². The predicted octanol–water partition coefficient (Wildman–Crippen LogP) is -0.422. The molecule has 8 nitrogen and oxygen atoms in total. The number of hydrogen-bond donors (Lipinski definition) is 3. The summed E-state index contributed by atoms with van der Waals surface area (Å²) in [5.74, 6) is 0.382. The summed E-state index contributed by atoms with van der Waals surface area (Å²) in [6.07, 6.45) is 5.17. The minimum absolute atomic E-state index is 0.0150. The quantitative estimate of drug-likeness (QED) is 0.186. The molecule has 0 aliphatic heterocycles. The number of guanidine groups is 1. The van der Waals surface area contributed by atoms with Crippen molar-refractivity contribution >= 4 is 11.9 Å². The maximum absolute atomic E-state index is 11.4. The van der Waals surface area contributed by atoms with E-state index in [4.69, 9.17) is 26.0 Å². The number of aliphatic hydroxyl groups is 1. The van der Waals surface area contributed by atoms with Crippen LogP contribution in [0.4, 0.5) is 0 Å². The van der Waals surface area contributed by atoms with Crippen LogP contribution in [0.2, 0.25) is 0 Å². The Hall–Kier alpha value is -2.35. The Morgan fingerprint density at radius 2 is 1.91 bits per heavy atom. The van der Waals surface area contributed by atoms with Gasteiger partial charge in [-0.05, 0) is 0 Å². The van der Waals surface area contributed by atoms with Crippen molar-refractivity contribution in [1.29, 1.82) is 0 Å². The minimum Gasteiger partial charge on any atom is -0.493 e. The molecule has 1 aromatic rings. The molecule has 0 radical (unpaired) electrons. The Kier molecular flexibility index (Phi) is 12.0. The lowest BCUT2D eigenvalue weighted by Crippen LogP contribution is -2.31. The van der Waals surface area contributed by atoms with Gasteiger partial charge in [-0.2, -0.15) is 0 Å². The highest BCUT2D eigenvalue weighted by Crippen LogP contribution is 2.06. The molecule has 0 aliphatic carbocycles. The topological polar surface area (TPSA) is 124 Å². The SMILES string of the molecule is CCC[n+]1ccc(OCCC(=O)OCCN=C(N)N)cc1.CO. The number of carbonyl (C=O) groups is 1. The molecular weight excluding hydrogens is 300 g/mol. The van der Waals surface area contributed by atoms with E-state index in [1.807, 2.05) is 24.5 Å². The van der Waals surface area contributed by atoms with Gasteiger partial charge in [0, 0.05) is 25.7 Å². The fraction of sp³-hybridized carbons (Fsp3) is 0.533. The number of hydrogen-bond acceptors (Lipinski definition) is 5. The summed E-state index contributed by atoms with van der Waals surface area (Å²) in [6.45, 7) is 3.81. The largest absolute Gasteiger partial charge is 0.493 e. The average Bonchev–Trinajstić information content (AvgIpc) is 2.55. The van der Waals surface area contributed by atoms with Gasteiger partial charge in [0.1, 0.15) is 18.9 Å². The third-order valence-corrected chi connectivity index (χ3v) is 2.57. The van der Waals surface area contributed by atoms with Crippen LogP contribution in [0.3, 0.4) is 0 Å². The third-order valence-electron chi connectivity index (χ3n) is 2.57. The lowest BCUT2D eigenvalue weighted by atomic mass is 10.4. The molecular formula is C15H27N4O4+. The normalized spacial score (nSPS) is 9.35. The summed E-state index contributed by atoms with van der Waals surface area (Å²) in [5.41, 5.74) is 10.3. The Balaban J connectivity index is 0.00000232. The van der Waals surface area contributed by atoms with E-state index in [-0.39, 0.29) is 38.1 Å². The lowest BCUT2D eigenvalue weighted by Gasteiger charge is -2.06. The number of rotatable bonds is 9. The van der Waals surface area contributed by atoms with Crippen LogP contribution in [0.25, 0.3) is 0 Å². The summed E-state index contributed by atoms with van der Waals surface area (Å²) >= 11 is 0. The van der Waals surface area contributed by atoms with Crippen molar-refractivity contribution in [3.63, 3.8) is 0 Å². The van der Waals surface area contributed by atoms with Crippen molar-refractivity contribution in [3.05, 3.63) is 24.5 Å². The Morgan fingerprint density at radius 1 is 1.26 bits per heavy atom. The molecule has 0 aliphatic rings. The fourth-order valence-electron chi connectivity index (χ4n) is 1.61. The molecule has 1 rings (SSSR count). The number of carbonyl (C=O) groups excluding carboxylic acids is 1. The summed E-state index contributed by atoms with van der Waals surface area (Å²) in [7, 11) is 1.00. The molecule has 0 saturated carbocycles. The Labute approximate surface area is 136 Å². The average molecular weight is 327 g/mol. The first kappa shape index (κ1) is 20.6. The monoisotopic (exact) mass is 327 g/mol. The second-order valence-electron chi connectivity index (χ2n) is 4.40. The van der Waals surface area contributed by atoms with E-state index < -0.39 is 0 Å². The summed E-state index contributed by atoms with van der Waals surface area (Å²) in [4.78, 5) is 15.1. The van der Waals surface area contributed by atoms with Crippen molar-refractivity contribution in [2.45, 2.75) is 26.3 Å². The van der Waals surface area contributed by atoms with Gasteiger partial charge in [0.2, 0.25) is 0 Å². The molecule has 8 heteroatoms. The minimum atomic E-state index is -0.335. The van der Waals surface area contributed by atoms with Gasteiger partial charge in [-0.3, -0.25) is 9.79 Å². The van der Waals surface area contributed by atoms with E-state index in [1.165, 1.54) is 0 Å². The number of aliphatic hydroxyl groups excluding tert-OH is 1. The Morgan fingerprint density at radius 3 is 2.48 bits per heavy atom. The van der Waals surface area contributed by atoms with Crippen molar-refractivity contribution in [3.8, 4) is 5.75 Å². The van der Waals surface area contributed by atoms with Crippen LogP contribution in [0.15, 0.2) is 29.5 Å². The van der Waals surface area contributed by atoms with Gasteiger partial charge >= 0.3 is 5.97 Å². The van der Waals surface area contributed by atoms with Gasteiger partial charge in [0.05, 0.1) is 19.6 Å². The van der Waals surface area contributed by atoms with Crippen LogP contribution in [-0.4, -0.2) is 43.9 Å². The molecule has 130 valence electrons. The van der Waals surface area contributed by atoms with E-state index in [9.17, 15) is 4.79 Å². The number of aliphatic imine (C=N–C) groups is 1. The summed E-state index contributed by atoms with van der Waals surface area (Å²) in [5, 5.41) is 7.00. The van der Waals surface area contributed by atoms with Crippen LogP contribution in [0, 0.1) is 0 Å². The van der Waals surface area contributed by atoms with Crippen LogP contribution >= 0.6 is 0 Å². The maximum atomic E-state index is 11.4. The van der Waals surface area contributed by atoms with Crippen LogP contribution < -0.4 is 20.8 Å². The van der Waals surface area contributed by atoms with E-state index in [0.29, 0.717) is 0 Å². The molecule has 0 unspecified atom stereocenters. The van der Waals surface area contributed by atoms with E-state index in [1.54, 1.807) is 0 Å². The Bertz CT molecular complexity index is 459. The van der Waals surface area contributed by atoms with Crippen LogP contribution in [-0.2, 0) is 16.1 Å². The van der Waals surface area contributed by atoms with Gasteiger partial charge in [0.25, 0.3) is 0 Å². The van der Waals surface area contributed by atoms with Crippen molar-refractivity contribution in [2.75, 3.05) is 26.9 Å². The molecule has 0 bridgehead atoms. The number of nitrogens with zero attached hydrogens (tertiary/aromatic N) is 2. The first-order chi connectivity index (χ1) is 11.1. The third kappa shape index (κ3) is 10.9. The second kappa shape index (κ2) is 13.3.